The number of hydrogen-bond donors (Lipinski definition) is 1. The molecule has 0 aliphatic carbocycles. The van der Waals surface area contributed by atoms with Crippen LogP contribution in [0.5, 0.6) is 0 Å². The monoisotopic (exact) mass is 469 g/mol. The van der Waals surface area contributed by atoms with Gasteiger partial charge in [0, 0.05) is 19.6 Å². The van der Waals surface area contributed by atoms with Gasteiger partial charge in [0.25, 0.3) is 0 Å². The average Bonchev–Trinajstić information content (AvgIpc) is 3.34. The second kappa shape index (κ2) is 11.3. The summed E-state index contributed by atoms with van der Waals surface area (Å²) in [6.07, 6.45) is 1.49. The Labute approximate surface area is 201 Å². The minimum atomic E-state index is -0.676. The second-order valence-corrected chi connectivity index (χ2v) is 9.39. The number of aliphatic hydroxyl groups is 1. The molecule has 2 aliphatic heterocycles. The van der Waals surface area contributed by atoms with Crippen LogP contribution in [0.2, 0.25) is 0 Å². The lowest BCUT2D eigenvalue weighted by molar-refractivity contribution is -0.210. The van der Waals surface area contributed by atoms with Gasteiger partial charge in [-0.2, -0.15) is 0 Å². The third kappa shape index (κ3) is 6.36. The third-order valence-electron chi connectivity index (χ3n) is 6.29. The van der Waals surface area contributed by atoms with Crippen LogP contribution < -0.4 is 0 Å². The highest BCUT2D eigenvalue weighted by Crippen LogP contribution is 2.39. The number of carbonyl (C=O) groups excluding carboxylic acids is 1. The minimum absolute atomic E-state index is 0.112. The fourth-order valence-electron chi connectivity index (χ4n) is 4.69. The van der Waals surface area contributed by atoms with Crippen LogP contribution in [-0.4, -0.2) is 53.0 Å². The van der Waals surface area contributed by atoms with Crippen LogP contribution in [0.25, 0.3) is 0 Å². The molecule has 0 radical (unpaired) electrons. The van der Waals surface area contributed by atoms with Gasteiger partial charge in [0.1, 0.15) is 12.7 Å². The first kappa shape index (κ1) is 24.7. The summed E-state index contributed by atoms with van der Waals surface area (Å²) in [7, 11) is 0. The molecule has 2 heterocycles. The van der Waals surface area contributed by atoms with Gasteiger partial charge in [-0.25, -0.2) is 4.79 Å². The van der Waals surface area contributed by atoms with Gasteiger partial charge in [0.15, 0.2) is 12.1 Å². The van der Waals surface area contributed by atoms with Crippen molar-refractivity contribution in [3.05, 3.63) is 71.8 Å². The molecule has 1 N–H and O–H groups in total. The van der Waals surface area contributed by atoms with Gasteiger partial charge in [0.05, 0.1) is 12.1 Å². The quantitative estimate of drug-likeness (QED) is 0.512. The Morgan fingerprint density at radius 1 is 1.06 bits per heavy atom. The second-order valence-electron chi connectivity index (χ2n) is 9.39. The van der Waals surface area contributed by atoms with E-state index < -0.39 is 12.1 Å². The summed E-state index contributed by atoms with van der Waals surface area (Å²) < 4.78 is 24.0. The standard InChI is InChI=1S/C27H35NO6/c1-27(2)33-24-17-23(32-25(24)34-27)22(15-9-10-16-29)28(18-20-11-5-3-6-12-20)26(30)31-19-21-13-7-4-8-14-21/h3-8,11-14,22-25,29H,9-10,15-19H2,1-2H3/t22-,23-,24+,25+/m0/s1. The number of aliphatic hydroxyl groups excluding tert-OH is 1. The zero-order valence-corrected chi connectivity index (χ0v) is 20.0. The molecule has 0 spiro atoms. The molecule has 0 saturated carbocycles. The van der Waals surface area contributed by atoms with E-state index in [-0.39, 0.29) is 37.6 Å². The topological polar surface area (TPSA) is 77.5 Å². The molecule has 7 heteroatoms. The van der Waals surface area contributed by atoms with Crippen LogP contribution in [0.1, 0.15) is 50.7 Å². The molecule has 34 heavy (non-hydrogen) atoms. The normalized spacial score (nSPS) is 23.9. The summed E-state index contributed by atoms with van der Waals surface area (Å²) in [6, 6.07) is 19.3. The first-order valence-electron chi connectivity index (χ1n) is 12.1. The fourth-order valence-corrected chi connectivity index (χ4v) is 4.69. The molecule has 2 aromatic carbocycles. The van der Waals surface area contributed by atoms with E-state index in [0.29, 0.717) is 25.8 Å². The molecule has 1 amide bonds. The number of benzene rings is 2. The number of ether oxygens (including phenoxy) is 4. The lowest BCUT2D eigenvalue weighted by Crippen LogP contribution is -2.47. The third-order valence-corrected chi connectivity index (χ3v) is 6.29. The fraction of sp³-hybridized carbons (Fsp3) is 0.519. The maximum atomic E-state index is 13.4. The van der Waals surface area contributed by atoms with E-state index in [9.17, 15) is 9.90 Å². The lowest BCUT2D eigenvalue weighted by Gasteiger charge is -2.35. The van der Waals surface area contributed by atoms with E-state index in [2.05, 4.69) is 0 Å². The molecule has 2 aromatic rings. The summed E-state index contributed by atoms with van der Waals surface area (Å²) >= 11 is 0. The highest BCUT2D eigenvalue weighted by atomic mass is 16.8. The molecule has 0 bridgehead atoms. The van der Waals surface area contributed by atoms with E-state index in [1.54, 1.807) is 4.90 Å². The molecule has 184 valence electrons. The number of fused-ring (bicyclic) bond motifs is 1. The highest BCUT2D eigenvalue weighted by Gasteiger charge is 2.51. The van der Waals surface area contributed by atoms with Gasteiger partial charge < -0.3 is 24.1 Å². The van der Waals surface area contributed by atoms with Gasteiger partial charge in [0.2, 0.25) is 0 Å². The van der Waals surface area contributed by atoms with E-state index >= 15 is 0 Å². The minimum Gasteiger partial charge on any atom is -0.445 e. The SMILES string of the molecule is CC1(C)O[C@H]2O[C@H]([C@H](CCCCO)N(Cc3ccccc3)C(=O)OCc3ccccc3)C[C@H]2O1. The van der Waals surface area contributed by atoms with Crippen LogP contribution in [0, 0.1) is 0 Å². The number of amides is 1. The molecule has 2 aliphatic rings. The van der Waals surface area contributed by atoms with E-state index in [4.69, 9.17) is 18.9 Å². The van der Waals surface area contributed by atoms with Crippen LogP contribution in [0.15, 0.2) is 60.7 Å². The molecule has 7 nitrogen and oxygen atoms in total. The number of hydrogen-bond acceptors (Lipinski definition) is 6. The first-order chi connectivity index (χ1) is 16.4. The van der Waals surface area contributed by atoms with Crippen molar-refractivity contribution in [1.29, 1.82) is 0 Å². The summed E-state index contributed by atoms with van der Waals surface area (Å²) in [4.78, 5) is 15.2. The van der Waals surface area contributed by atoms with Crippen molar-refractivity contribution in [1.82, 2.24) is 4.90 Å². The predicted molar refractivity (Wildman–Crippen MR) is 127 cm³/mol. The summed E-state index contributed by atoms with van der Waals surface area (Å²) in [5.74, 6) is -0.676. The Kier molecular flexibility index (Phi) is 8.21. The summed E-state index contributed by atoms with van der Waals surface area (Å²) in [5.41, 5.74) is 1.95. The lowest BCUT2D eigenvalue weighted by atomic mass is 9.98. The van der Waals surface area contributed by atoms with Gasteiger partial charge in [-0.1, -0.05) is 60.7 Å². The first-order valence-corrected chi connectivity index (χ1v) is 12.1. The number of rotatable bonds is 10. The van der Waals surface area contributed by atoms with Crippen LogP contribution in [-0.2, 0) is 32.1 Å². The van der Waals surface area contributed by atoms with Gasteiger partial charge >= 0.3 is 6.09 Å². The average molecular weight is 470 g/mol. The summed E-state index contributed by atoms with van der Waals surface area (Å²) in [6.45, 7) is 4.48. The smallest absolute Gasteiger partial charge is 0.410 e. The molecule has 0 aromatic heterocycles. The van der Waals surface area contributed by atoms with Crippen molar-refractivity contribution < 1.29 is 28.8 Å². The van der Waals surface area contributed by atoms with E-state index in [1.807, 2.05) is 74.5 Å². The Bertz CT molecular complexity index is 890. The van der Waals surface area contributed by atoms with E-state index in [0.717, 1.165) is 17.5 Å². The van der Waals surface area contributed by atoms with Crippen molar-refractivity contribution in [2.45, 2.75) is 83.0 Å². The zero-order chi connectivity index (χ0) is 24.0. The molecular formula is C27H35NO6. The van der Waals surface area contributed by atoms with Crippen molar-refractivity contribution in [3.63, 3.8) is 0 Å². The van der Waals surface area contributed by atoms with E-state index in [1.165, 1.54) is 0 Å². The van der Waals surface area contributed by atoms with Crippen molar-refractivity contribution >= 4 is 6.09 Å². The highest BCUT2D eigenvalue weighted by molar-refractivity contribution is 5.68. The molecule has 4 atom stereocenters. The molecule has 2 fully saturated rings. The molecule has 2 saturated heterocycles. The Hall–Kier alpha value is -2.45. The Balaban J connectivity index is 1.53. The van der Waals surface area contributed by atoms with Gasteiger partial charge in [-0.3, -0.25) is 4.90 Å². The number of unbranched alkanes of at least 4 members (excludes halogenated alkanes) is 1. The number of carbonyl (C=O) groups is 1. The summed E-state index contributed by atoms with van der Waals surface area (Å²) in [5, 5.41) is 9.35. The Morgan fingerprint density at radius 3 is 2.38 bits per heavy atom. The molecular weight excluding hydrogens is 434 g/mol. The maximum absolute atomic E-state index is 13.4. The zero-order valence-electron chi connectivity index (χ0n) is 20.0. The van der Waals surface area contributed by atoms with Crippen LogP contribution >= 0.6 is 0 Å². The Morgan fingerprint density at radius 2 is 1.74 bits per heavy atom. The largest absolute Gasteiger partial charge is 0.445 e. The van der Waals surface area contributed by atoms with Crippen molar-refractivity contribution in [2.24, 2.45) is 0 Å². The molecule has 4 rings (SSSR count). The molecule has 0 unspecified atom stereocenters. The van der Waals surface area contributed by atoms with Gasteiger partial charge in [-0.05, 0) is 44.2 Å². The maximum Gasteiger partial charge on any atom is 0.410 e. The van der Waals surface area contributed by atoms with Crippen molar-refractivity contribution in [3.8, 4) is 0 Å². The van der Waals surface area contributed by atoms with Gasteiger partial charge in [-0.15, -0.1) is 0 Å². The number of nitrogens with zero attached hydrogens (tertiary/aromatic N) is 1. The predicted octanol–water partition coefficient (Wildman–Crippen LogP) is 4.62. The van der Waals surface area contributed by atoms with Crippen LogP contribution in [0.4, 0.5) is 4.79 Å². The van der Waals surface area contributed by atoms with Crippen LogP contribution in [0.3, 0.4) is 0 Å². The van der Waals surface area contributed by atoms with Crippen molar-refractivity contribution in [2.75, 3.05) is 6.61 Å².